The van der Waals surface area contributed by atoms with Crippen molar-refractivity contribution in [2.45, 2.75) is 26.7 Å². The third kappa shape index (κ3) is 1.18. The van der Waals surface area contributed by atoms with Crippen LogP contribution in [0, 0.1) is 0 Å². The Morgan fingerprint density at radius 1 is 1.70 bits per heavy atom. The third-order valence-electron chi connectivity index (χ3n) is 1.72. The fourth-order valence-electron chi connectivity index (χ4n) is 1.22. The number of hydrogen-bond donors (Lipinski definition) is 0. The lowest BCUT2D eigenvalue weighted by Gasteiger charge is -1.93. The van der Waals surface area contributed by atoms with E-state index in [-0.39, 0.29) is 0 Å². The van der Waals surface area contributed by atoms with E-state index in [4.69, 9.17) is 0 Å². The Kier molecular flexibility index (Phi) is 2.05. The van der Waals surface area contributed by atoms with Gasteiger partial charge in [0.1, 0.15) is 0 Å². The molecule has 0 aromatic carbocycles. The second kappa shape index (κ2) is 2.82. The van der Waals surface area contributed by atoms with Gasteiger partial charge in [0.2, 0.25) is 0 Å². The number of rotatable bonds is 2. The Morgan fingerprint density at radius 2 is 2.40 bits per heavy atom. The van der Waals surface area contributed by atoms with E-state index in [9.17, 15) is 0 Å². The largest absolute Gasteiger partial charge is 0.262 e. The van der Waals surface area contributed by atoms with Gasteiger partial charge in [-0.3, -0.25) is 4.99 Å². The van der Waals surface area contributed by atoms with Crippen LogP contribution in [0.1, 0.15) is 26.7 Å². The van der Waals surface area contributed by atoms with Crippen molar-refractivity contribution >= 4 is 5.71 Å². The zero-order valence-corrected chi connectivity index (χ0v) is 6.65. The Bertz CT molecular complexity index is 209. The van der Waals surface area contributed by atoms with E-state index >= 15 is 0 Å². The van der Waals surface area contributed by atoms with E-state index in [1.807, 2.05) is 6.08 Å². The summed E-state index contributed by atoms with van der Waals surface area (Å²) in [6, 6.07) is 0. The van der Waals surface area contributed by atoms with Gasteiger partial charge in [0, 0.05) is 17.8 Å². The van der Waals surface area contributed by atoms with Gasteiger partial charge in [0.25, 0.3) is 0 Å². The maximum Gasteiger partial charge on any atom is 0.0435 e. The van der Waals surface area contributed by atoms with Gasteiger partial charge in [0.05, 0.1) is 0 Å². The standard InChI is InChI=1S/C9H13N/c1-4-8-6-7(3)10-9(8)5-2/h4H,1,5-6H2,2-3H3. The van der Waals surface area contributed by atoms with Crippen molar-refractivity contribution in [3.63, 3.8) is 0 Å². The molecule has 0 aliphatic carbocycles. The first-order valence-electron chi connectivity index (χ1n) is 3.66. The molecule has 1 heteroatoms. The first kappa shape index (κ1) is 7.26. The predicted octanol–water partition coefficient (Wildman–Crippen LogP) is 2.70. The quantitative estimate of drug-likeness (QED) is 0.552. The molecular weight excluding hydrogens is 122 g/mol. The minimum Gasteiger partial charge on any atom is -0.262 e. The number of hydrogen-bond acceptors (Lipinski definition) is 1. The van der Waals surface area contributed by atoms with Crippen molar-refractivity contribution in [3.8, 4) is 0 Å². The van der Waals surface area contributed by atoms with Gasteiger partial charge in [-0.25, -0.2) is 0 Å². The highest BCUT2D eigenvalue weighted by atomic mass is 14.8. The fourth-order valence-corrected chi connectivity index (χ4v) is 1.22. The number of aliphatic imine (C=N–C) groups is 1. The lowest BCUT2D eigenvalue weighted by atomic mass is 10.1. The lowest BCUT2D eigenvalue weighted by Crippen LogP contribution is -1.83. The molecule has 0 aromatic rings. The van der Waals surface area contributed by atoms with E-state index < -0.39 is 0 Å². The zero-order chi connectivity index (χ0) is 7.56. The van der Waals surface area contributed by atoms with Crippen molar-refractivity contribution in [2.24, 2.45) is 4.99 Å². The molecule has 1 heterocycles. The highest BCUT2D eigenvalue weighted by Gasteiger charge is 2.09. The summed E-state index contributed by atoms with van der Waals surface area (Å²) in [7, 11) is 0. The van der Waals surface area contributed by atoms with Crippen LogP contribution in [0.3, 0.4) is 0 Å². The molecule has 0 aromatic heterocycles. The van der Waals surface area contributed by atoms with E-state index in [0.29, 0.717) is 0 Å². The van der Waals surface area contributed by atoms with E-state index in [0.717, 1.165) is 12.8 Å². The van der Waals surface area contributed by atoms with E-state index in [2.05, 4.69) is 25.4 Å². The van der Waals surface area contributed by atoms with Gasteiger partial charge in [-0.1, -0.05) is 19.6 Å². The highest BCUT2D eigenvalue weighted by molar-refractivity contribution is 5.88. The van der Waals surface area contributed by atoms with Gasteiger partial charge in [0.15, 0.2) is 0 Å². The second-order valence-corrected chi connectivity index (χ2v) is 2.55. The van der Waals surface area contributed by atoms with Crippen LogP contribution < -0.4 is 0 Å². The molecule has 1 aliphatic heterocycles. The summed E-state index contributed by atoms with van der Waals surface area (Å²) in [4.78, 5) is 4.38. The number of nitrogens with zero attached hydrogens (tertiary/aromatic N) is 1. The molecule has 0 saturated heterocycles. The molecule has 0 saturated carbocycles. The average Bonchev–Trinajstić information content (AvgIpc) is 2.30. The SMILES string of the molecule is C=CC1=C(CC)N=C(C)C1. The van der Waals surface area contributed by atoms with Crippen molar-refractivity contribution in [1.29, 1.82) is 0 Å². The topological polar surface area (TPSA) is 12.4 Å². The summed E-state index contributed by atoms with van der Waals surface area (Å²) in [5, 5.41) is 0. The average molecular weight is 135 g/mol. The fraction of sp³-hybridized carbons (Fsp3) is 0.444. The smallest absolute Gasteiger partial charge is 0.0435 e. The molecule has 1 rings (SSSR count). The summed E-state index contributed by atoms with van der Waals surface area (Å²) in [6.45, 7) is 7.93. The Balaban J connectivity index is 2.83. The molecule has 0 unspecified atom stereocenters. The first-order chi connectivity index (χ1) is 4.77. The normalized spacial score (nSPS) is 17.6. The van der Waals surface area contributed by atoms with Crippen LogP contribution in [-0.4, -0.2) is 5.71 Å². The molecule has 1 nitrogen and oxygen atoms in total. The van der Waals surface area contributed by atoms with Crippen molar-refractivity contribution in [1.82, 2.24) is 0 Å². The maximum atomic E-state index is 4.38. The zero-order valence-electron chi connectivity index (χ0n) is 6.65. The summed E-state index contributed by atoms with van der Waals surface area (Å²) in [5.74, 6) is 0. The molecule has 10 heavy (non-hydrogen) atoms. The molecule has 0 radical (unpaired) electrons. The van der Waals surface area contributed by atoms with Crippen molar-refractivity contribution in [2.75, 3.05) is 0 Å². The van der Waals surface area contributed by atoms with Gasteiger partial charge in [-0.15, -0.1) is 0 Å². The van der Waals surface area contributed by atoms with Crippen molar-refractivity contribution in [3.05, 3.63) is 23.9 Å². The van der Waals surface area contributed by atoms with Gasteiger partial charge < -0.3 is 0 Å². The molecule has 0 N–H and O–H groups in total. The van der Waals surface area contributed by atoms with Crippen LogP contribution in [-0.2, 0) is 0 Å². The minimum atomic E-state index is 1.01. The molecule has 0 fully saturated rings. The van der Waals surface area contributed by atoms with Crippen LogP contribution in [0.25, 0.3) is 0 Å². The molecule has 0 bridgehead atoms. The van der Waals surface area contributed by atoms with Crippen LogP contribution >= 0.6 is 0 Å². The second-order valence-electron chi connectivity index (χ2n) is 2.55. The Morgan fingerprint density at radius 3 is 2.80 bits per heavy atom. The molecule has 54 valence electrons. The van der Waals surface area contributed by atoms with E-state index in [1.165, 1.54) is 17.0 Å². The van der Waals surface area contributed by atoms with Crippen LogP contribution in [0.5, 0.6) is 0 Å². The minimum absolute atomic E-state index is 1.01. The predicted molar refractivity (Wildman–Crippen MR) is 45.2 cm³/mol. The Hall–Kier alpha value is -0.850. The first-order valence-corrected chi connectivity index (χ1v) is 3.66. The molecular formula is C9H13N. The molecule has 0 atom stereocenters. The van der Waals surface area contributed by atoms with Gasteiger partial charge in [-0.2, -0.15) is 0 Å². The van der Waals surface area contributed by atoms with Crippen LogP contribution in [0.15, 0.2) is 28.9 Å². The van der Waals surface area contributed by atoms with E-state index in [1.54, 1.807) is 0 Å². The number of allylic oxidation sites excluding steroid dienone is 3. The summed E-state index contributed by atoms with van der Waals surface area (Å²) < 4.78 is 0. The summed E-state index contributed by atoms with van der Waals surface area (Å²) in [5.41, 5.74) is 3.74. The third-order valence-corrected chi connectivity index (χ3v) is 1.72. The highest BCUT2D eigenvalue weighted by Crippen LogP contribution is 2.22. The molecule has 0 spiro atoms. The van der Waals surface area contributed by atoms with Gasteiger partial charge in [-0.05, 0) is 18.9 Å². The van der Waals surface area contributed by atoms with Gasteiger partial charge >= 0.3 is 0 Å². The maximum absolute atomic E-state index is 4.38. The Labute approximate surface area is 62.2 Å². The lowest BCUT2D eigenvalue weighted by molar-refractivity contribution is 1.06. The monoisotopic (exact) mass is 135 g/mol. The van der Waals surface area contributed by atoms with Crippen LogP contribution in [0.2, 0.25) is 0 Å². The van der Waals surface area contributed by atoms with Crippen LogP contribution in [0.4, 0.5) is 0 Å². The van der Waals surface area contributed by atoms with Crippen molar-refractivity contribution < 1.29 is 0 Å². The summed E-state index contributed by atoms with van der Waals surface area (Å²) >= 11 is 0. The summed E-state index contributed by atoms with van der Waals surface area (Å²) in [6.07, 6.45) is 3.95. The molecule has 1 aliphatic rings. The molecule has 0 amide bonds.